The Morgan fingerprint density at radius 3 is 1.24 bits per heavy atom. The molecule has 8 atom stereocenters. The fourth-order valence-electron chi connectivity index (χ4n) is 5.18. The van der Waals surface area contributed by atoms with Crippen LogP contribution < -0.4 is 0 Å². The van der Waals surface area contributed by atoms with E-state index in [9.17, 15) is 34.8 Å². The molecule has 0 aliphatic heterocycles. The summed E-state index contributed by atoms with van der Waals surface area (Å²) in [4.78, 5) is 38.4. The van der Waals surface area contributed by atoms with Crippen LogP contribution in [0.1, 0.15) is 101 Å². The van der Waals surface area contributed by atoms with Gasteiger partial charge in [-0.2, -0.15) is 0 Å². The van der Waals surface area contributed by atoms with Crippen LogP contribution in [0, 0.1) is 46.8 Å². The summed E-state index contributed by atoms with van der Waals surface area (Å²) in [5, 5.41) is 43.1. The molecule has 0 aliphatic rings. The summed E-state index contributed by atoms with van der Waals surface area (Å²) in [6.07, 6.45) is 1.95. The highest BCUT2D eigenvalue weighted by atomic mass is 16.4. The van der Waals surface area contributed by atoms with Gasteiger partial charge in [0, 0.05) is 0 Å². The Morgan fingerprint density at radius 2 is 0.971 bits per heavy atom. The second-order valence-electron chi connectivity index (χ2n) is 11.1. The van der Waals surface area contributed by atoms with Gasteiger partial charge in [0.05, 0.1) is 5.92 Å². The van der Waals surface area contributed by atoms with E-state index in [1.807, 2.05) is 62.3 Å². The average Bonchev–Trinajstić information content (AvgIpc) is 2.78. The first-order valence-corrected chi connectivity index (χ1v) is 13.0. The SMILES string of the molecule is CCC(C)C(C)CC(C(=O)O)C(O)(C(=O)O)C(CC(C)C(C)CC)(CC(C)C(C)CC)C(=O)O. The van der Waals surface area contributed by atoms with E-state index in [0.29, 0.717) is 0 Å². The zero-order valence-corrected chi connectivity index (χ0v) is 22.8. The largest absolute Gasteiger partial charge is 0.481 e. The normalized spacial score (nSPS) is 21.7. The van der Waals surface area contributed by atoms with Crippen LogP contribution in [0.4, 0.5) is 0 Å². The Morgan fingerprint density at radius 1 is 0.618 bits per heavy atom. The highest BCUT2D eigenvalue weighted by molar-refractivity contribution is 5.93. The van der Waals surface area contributed by atoms with Gasteiger partial charge in [0.1, 0.15) is 5.41 Å². The van der Waals surface area contributed by atoms with Crippen molar-refractivity contribution in [1.82, 2.24) is 0 Å². The molecular weight excluding hydrogens is 436 g/mol. The average molecular weight is 487 g/mol. The summed E-state index contributed by atoms with van der Waals surface area (Å²) in [5.74, 6) is -6.83. The van der Waals surface area contributed by atoms with Gasteiger partial charge in [-0.25, -0.2) is 4.79 Å². The Kier molecular flexibility index (Phi) is 12.8. The molecule has 0 aromatic rings. The molecule has 7 nitrogen and oxygen atoms in total. The van der Waals surface area contributed by atoms with Crippen LogP contribution in [-0.4, -0.2) is 43.9 Å². The molecule has 0 spiro atoms. The minimum absolute atomic E-state index is 0.0815. The van der Waals surface area contributed by atoms with Gasteiger partial charge >= 0.3 is 17.9 Å². The van der Waals surface area contributed by atoms with Gasteiger partial charge in [0.15, 0.2) is 5.60 Å². The number of hydrogen-bond acceptors (Lipinski definition) is 4. The summed E-state index contributed by atoms with van der Waals surface area (Å²) < 4.78 is 0. The highest BCUT2D eigenvalue weighted by Gasteiger charge is 2.67. The summed E-state index contributed by atoms with van der Waals surface area (Å²) in [7, 11) is 0. The van der Waals surface area contributed by atoms with Gasteiger partial charge in [0.25, 0.3) is 0 Å². The zero-order valence-electron chi connectivity index (χ0n) is 22.8. The molecule has 0 amide bonds. The number of carboxylic acids is 3. The van der Waals surface area contributed by atoms with Crippen LogP contribution in [0.25, 0.3) is 0 Å². The quantitative estimate of drug-likeness (QED) is 0.204. The van der Waals surface area contributed by atoms with Crippen molar-refractivity contribution < 1.29 is 34.8 Å². The molecule has 0 fully saturated rings. The summed E-state index contributed by atoms with van der Waals surface area (Å²) >= 11 is 0. The van der Waals surface area contributed by atoms with Gasteiger partial charge in [0.2, 0.25) is 0 Å². The number of rotatable bonds is 17. The van der Waals surface area contributed by atoms with Crippen molar-refractivity contribution in [2.45, 2.75) is 106 Å². The number of aliphatic carboxylic acids is 3. The molecule has 8 unspecified atom stereocenters. The van der Waals surface area contributed by atoms with E-state index in [1.54, 1.807) is 0 Å². The molecule has 0 saturated carbocycles. The van der Waals surface area contributed by atoms with Gasteiger partial charge in [-0.05, 0) is 54.8 Å². The Balaban J connectivity index is 7.09. The first-order valence-electron chi connectivity index (χ1n) is 13.0. The lowest BCUT2D eigenvalue weighted by molar-refractivity contribution is -0.212. The maximum absolute atomic E-state index is 13.1. The topological polar surface area (TPSA) is 132 Å². The number of aliphatic hydroxyl groups is 1. The number of carbonyl (C=O) groups is 3. The molecule has 0 saturated heterocycles. The summed E-state index contributed by atoms with van der Waals surface area (Å²) in [5.41, 5.74) is -5.11. The predicted molar refractivity (Wildman–Crippen MR) is 133 cm³/mol. The molecule has 200 valence electrons. The van der Waals surface area contributed by atoms with Gasteiger partial charge in [-0.1, -0.05) is 81.6 Å². The molecular formula is C27H50O7. The van der Waals surface area contributed by atoms with E-state index < -0.39 is 34.8 Å². The van der Waals surface area contributed by atoms with Crippen molar-refractivity contribution in [2.75, 3.05) is 0 Å². The molecule has 7 heteroatoms. The van der Waals surface area contributed by atoms with Crippen molar-refractivity contribution in [3.8, 4) is 0 Å². The maximum Gasteiger partial charge on any atom is 0.337 e. The van der Waals surface area contributed by atoms with Crippen LogP contribution in [-0.2, 0) is 14.4 Å². The monoisotopic (exact) mass is 486 g/mol. The zero-order chi connectivity index (χ0) is 27.0. The van der Waals surface area contributed by atoms with Crippen molar-refractivity contribution in [3.05, 3.63) is 0 Å². The Hall–Kier alpha value is -1.63. The lowest BCUT2D eigenvalue weighted by Crippen LogP contribution is -2.65. The van der Waals surface area contributed by atoms with E-state index in [1.165, 1.54) is 0 Å². The first-order chi connectivity index (χ1) is 15.6. The van der Waals surface area contributed by atoms with E-state index >= 15 is 0 Å². The van der Waals surface area contributed by atoms with Crippen LogP contribution in [0.2, 0.25) is 0 Å². The molecule has 34 heavy (non-hydrogen) atoms. The predicted octanol–water partition coefficient (Wildman–Crippen LogP) is 5.79. The molecule has 0 aliphatic carbocycles. The Bertz CT molecular complexity index is 658. The number of hydrogen-bond donors (Lipinski definition) is 4. The Labute approximate surface area is 206 Å². The summed E-state index contributed by atoms with van der Waals surface area (Å²) in [6, 6.07) is 0. The van der Waals surface area contributed by atoms with Crippen LogP contribution >= 0.6 is 0 Å². The third-order valence-corrected chi connectivity index (χ3v) is 9.06. The molecule has 0 bridgehead atoms. The van der Waals surface area contributed by atoms with Crippen LogP contribution in [0.15, 0.2) is 0 Å². The fourth-order valence-corrected chi connectivity index (χ4v) is 5.18. The third kappa shape index (κ3) is 6.96. The molecule has 0 radical (unpaired) electrons. The van der Waals surface area contributed by atoms with Crippen molar-refractivity contribution in [2.24, 2.45) is 46.8 Å². The lowest BCUT2D eigenvalue weighted by atomic mass is 9.55. The second kappa shape index (κ2) is 13.5. The minimum Gasteiger partial charge on any atom is -0.481 e. The maximum atomic E-state index is 13.1. The second-order valence-corrected chi connectivity index (χ2v) is 11.1. The number of carboxylic acid groups (broad SMARTS) is 3. The third-order valence-electron chi connectivity index (χ3n) is 9.06. The summed E-state index contributed by atoms with van der Waals surface area (Å²) in [6.45, 7) is 17.3. The van der Waals surface area contributed by atoms with E-state index in [-0.39, 0.29) is 54.8 Å². The van der Waals surface area contributed by atoms with Gasteiger partial charge in [-0.15, -0.1) is 0 Å². The molecule has 0 aromatic heterocycles. The molecule has 0 aromatic carbocycles. The smallest absolute Gasteiger partial charge is 0.337 e. The standard InChI is InChI=1S/C27H50O7/c1-10-16(4)19(7)13-22(23(28)29)27(34,25(32)33)26(24(30)31,14-20(8)17(5)11-2)15-21(9)18(6)12-3/h16-22,34H,10-15H2,1-9H3,(H,28,29)(H,30,31)(H,32,33). The van der Waals surface area contributed by atoms with E-state index in [0.717, 1.165) is 19.3 Å². The van der Waals surface area contributed by atoms with Crippen molar-refractivity contribution in [3.63, 3.8) is 0 Å². The van der Waals surface area contributed by atoms with Gasteiger partial charge in [-0.3, -0.25) is 9.59 Å². The minimum atomic E-state index is -2.96. The fraction of sp³-hybridized carbons (Fsp3) is 0.889. The first kappa shape index (κ1) is 32.4. The molecule has 0 rings (SSSR count). The van der Waals surface area contributed by atoms with Crippen LogP contribution in [0.3, 0.4) is 0 Å². The van der Waals surface area contributed by atoms with Gasteiger partial charge < -0.3 is 20.4 Å². The van der Waals surface area contributed by atoms with Crippen LogP contribution in [0.5, 0.6) is 0 Å². The van der Waals surface area contributed by atoms with Crippen molar-refractivity contribution >= 4 is 17.9 Å². The lowest BCUT2D eigenvalue weighted by Gasteiger charge is -2.48. The molecule has 4 N–H and O–H groups in total. The van der Waals surface area contributed by atoms with E-state index in [4.69, 9.17) is 0 Å². The van der Waals surface area contributed by atoms with Crippen molar-refractivity contribution in [1.29, 1.82) is 0 Å². The molecule has 0 heterocycles. The highest BCUT2D eigenvalue weighted by Crippen LogP contribution is 2.51. The van der Waals surface area contributed by atoms with E-state index in [2.05, 4.69) is 0 Å².